The predicted molar refractivity (Wildman–Crippen MR) is 64.9 cm³/mol. The van der Waals surface area contributed by atoms with E-state index in [1.54, 1.807) is 24.3 Å². The Hall–Kier alpha value is -0.920. The van der Waals surface area contributed by atoms with E-state index in [4.69, 9.17) is 0 Å². The van der Waals surface area contributed by atoms with Gasteiger partial charge in [0.05, 0.1) is 4.90 Å². The molecule has 0 saturated heterocycles. The number of benzene rings is 1. The van der Waals surface area contributed by atoms with Gasteiger partial charge in [0.1, 0.15) is 0 Å². The van der Waals surface area contributed by atoms with Gasteiger partial charge in [-0.15, -0.1) is 0 Å². The molecule has 15 heavy (non-hydrogen) atoms. The van der Waals surface area contributed by atoms with Crippen molar-refractivity contribution in [1.29, 1.82) is 0 Å². The predicted octanol–water partition coefficient (Wildman–Crippen LogP) is 1.76. The zero-order chi connectivity index (χ0) is 11.3. The monoisotopic (exact) mass is 240 g/mol. The Morgan fingerprint density at radius 2 is 1.87 bits per heavy atom. The molecule has 1 aromatic rings. The van der Waals surface area contributed by atoms with Crippen molar-refractivity contribution in [2.45, 2.75) is 11.3 Å². The van der Waals surface area contributed by atoms with Gasteiger partial charge in [-0.1, -0.05) is 11.8 Å². The first-order chi connectivity index (χ1) is 7.04. The average molecular weight is 240 g/mol. The van der Waals surface area contributed by atoms with E-state index in [-0.39, 0.29) is 0 Å². The summed E-state index contributed by atoms with van der Waals surface area (Å²) in [5.74, 6) is 6.59. The highest BCUT2D eigenvalue weighted by Gasteiger charge is 2.04. The summed E-state index contributed by atoms with van der Waals surface area (Å²) in [5.41, 5.74) is 0.823. The first-order valence-corrected chi connectivity index (χ1v) is 6.96. The molecule has 0 aromatic heterocycles. The van der Waals surface area contributed by atoms with Crippen LogP contribution in [0.15, 0.2) is 29.2 Å². The zero-order valence-corrected chi connectivity index (χ0v) is 10.1. The lowest BCUT2D eigenvalue weighted by Gasteiger charge is -1.96. The number of hydrogen-bond donors (Lipinski definition) is 1. The molecule has 0 saturated carbocycles. The second-order valence-corrected chi connectivity index (χ2v) is 5.53. The van der Waals surface area contributed by atoms with Crippen molar-refractivity contribution in [3.05, 3.63) is 29.8 Å². The van der Waals surface area contributed by atoms with E-state index in [0.717, 1.165) is 17.7 Å². The molecule has 0 unspecified atom stereocenters. The fourth-order valence-electron chi connectivity index (χ4n) is 1.01. The Morgan fingerprint density at radius 1 is 1.27 bits per heavy atom. The van der Waals surface area contributed by atoms with Crippen LogP contribution in [-0.2, 0) is 9.84 Å². The van der Waals surface area contributed by atoms with Gasteiger partial charge in [0.2, 0.25) is 0 Å². The normalized spacial score (nSPS) is 10.5. The fraction of sp³-hybridized carbons (Fsp3) is 0.273. The summed E-state index contributed by atoms with van der Waals surface area (Å²) in [6, 6.07) is 6.56. The minimum Gasteiger partial charge on any atom is -0.224 e. The van der Waals surface area contributed by atoms with Gasteiger partial charge >= 0.3 is 0 Å². The number of hydrogen-bond acceptors (Lipinski definition) is 3. The molecule has 0 aliphatic heterocycles. The van der Waals surface area contributed by atoms with Gasteiger partial charge in [-0.3, -0.25) is 0 Å². The highest BCUT2D eigenvalue weighted by molar-refractivity contribution is 7.90. The molecule has 0 aliphatic rings. The SMILES string of the molecule is CS(=O)(=O)c1ccc(C#CCCS)cc1. The minimum absolute atomic E-state index is 0.322. The maximum Gasteiger partial charge on any atom is 0.175 e. The van der Waals surface area contributed by atoms with Gasteiger partial charge in [-0.25, -0.2) is 8.42 Å². The van der Waals surface area contributed by atoms with Gasteiger partial charge in [0.25, 0.3) is 0 Å². The summed E-state index contributed by atoms with van der Waals surface area (Å²) >= 11 is 4.04. The third-order valence-corrected chi connectivity index (χ3v) is 3.10. The van der Waals surface area contributed by atoms with Gasteiger partial charge in [0, 0.05) is 24.0 Å². The first kappa shape index (κ1) is 12.2. The van der Waals surface area contributed by atoms with Crippen LogP contribution >= 0.6 is 12.6 Å². The molecule has 0 spiro atoms. The van der Waals surface area contributed by atoms with E-state index in [1.165, 1.54) is 6.26 Å². The summed E-state index contributed by atoms with van der Waals surface area (Å²) in [6.45, 7) is 0. The Morgan fingerprint density at radius 3 is 2.33 bits per heavy atom. The summed E-state index contributed by atoms with van der Waals surface area (Å²) < 4.78 is 22.3. The average Bonchev–Trinajstić information content (AvgIpc) is 2.18. The van der Waals surface area contributed by atoms with Crippen molar-refractivity contribution >= 4 is 22.5 Å². The Labute approximate surface area is 96.0 Å². The topological polar surface area (TPSA) is 34.1 Å². The molecular formula is C11H12O2S2. The van der Waals surface area contributed by atoms with Crippen LogP contribution in [0.5, 0.6) is 0 Å². The fourth-order valence-corrected chi connectivity index (χ4v) is 1.75. The molecule has 1 rings (SSSR count). The van der Waals surface area contributed by atoms with E-state index < -0.39 is 9.84 Å². The van der Waals surface area contributed by atoms with Gasteiger partial charge in [-0.05, 0) is 24.3 Å². The minimum atomic E-state index is -3.11. The van der Waals surface area contributed by atoms with E-state index in [0.29, 0.717) is 4.90 Å². The number of thiol groups is 1. The van der Waals surface area contributed by atoms with Crippen LogP contribution in [0.25, 0.3) is 0 Å². The molecule has 0 amide bonds. The molecule has 0 N–H and O–H groups in total. The summed E-state index contributed by atoms with van der Waals surface area (Å²) in [7, 11) is -3.11. The number of rotatable bonds is 2. The summed E-state index contributed by atoms with van der Waals surface area (Å²) in [6.07, 6.45) is 1.92. The van der Waals surface area contributed by atoms with Crippen molar-refractivity contribution in [2.24, 2.45) is 0 Å². The van der Waals surface area contributed by atoms with Gasteiger partial charge in [0.15, 0.2) is 9.84 Å². The Balaban J connectivity index is 2.88. The van der Waals surface area contributed by atoms with Crippen LogP contribution in [0.3, 0.4) is 0 Å². The second-order valence-electron chi connectivity index (χ2n) is 3.07. The molecule has 0 heterocycles. The highest BCUT2D eigenvalue weighted by atomic mass is 32.2. The van der Waals surface area contributed by atoms with Crippen molar-refractivity contribution in [2.75, 3.05) is 12.0 Å². The molecule has 0 atom stereocenters. The lowest BCUT2D eigenvalue weighted by molar-refractivity contribution is 0.602. The van der Waals surface area contributed by atoms with Crippen LogP contribution in [-0.4, -0.2) is 20.4 Å². The van der Waals surface area contributed by atoms with Crippen LogP contribution in [0, 0.1) is 11.8 Å². The van der Waals surface area contributed by atoms with E-state index in [2.05, 4.69) is 24.5 Å². The molecular weight excluding hydrogens is 228 g/mol. The molecule has 0 bridgehead atoms. The quantitative estimate of drug-likeness (QED) is 0.631. The maximum atomic E-state index is 11.2. The smallest absolute Gasteiger partial charge is 0.175 e. The second kappa shape index (κ2) is 5.24. The number of sulfone groups is 1. The zero-order valence-electron chi connectivity index (χ0n) is 8.40. The van der Waals surface area contributed by atoms with E-state index in [1.807, 2.05) is 0 Å². The molecule has 4 heteroatoms. The molecule has 0 fully saturated rings. The standard InChI is InChI=1S/C11H12O2S2/c1-15(12,13)11-7-5-10(6-8-11)4-2-3-9-14/h5-8,14H,3,9H2,1H3. The van der Waals surface area contributed by atoms with Crippen molar-refractivity contribution in [3.8, 4) is 11.8 Å². The van der Waals surface area contributed by atoms with Crippen LogP contribution in [0.2, 0.25) is 0 Å². The lowest BCUT2D eigenvalue weighted by atomic mass is 10.2. The van der Waals surface area contributed by atoms with Gasteiger partial charge in [-0.2, -0.15) is 12.6 Å². The Bertz CT molecular complexity index is 476. The summed E-state index contributed by atoms with van der Waals surface area (Å²) in [5, 5.41) is 0. The summed E-state index contributed by atoms with van der Waals surface area (Å²) in [4.78, 5) is 0.322. The molecule has 0 radical (unpaired) electrons. The third-order valence-electron chi connectivity index (χ3n) is 1.75. The van der Waals surface area contributed by atoms with Crippen LogP contribution in [0.4, 0.5) is 0 Å². The molecule has 80 valence electrons. The largest absolute Gasteiger partial charge is 0.224 e. The molecule has 2 nitrogen and oxygen atoms in total. The molecule has 0 aliphatic carbocycles. The first-order valence-electron chi connectivity index (χ1n) is 4.44. The third kappa shape index (κ3) is 3.98. The lowest BCUT2D eigenvalue weighted by Crippen LogP contribution is -1.96. The highest BCUT2D eigenvalue weighted by Crippen LogP contribution is 2.09. The van der Waals surface area contributed by atoms with E-state index in [9.17, 15) is 8.42 Å². The van der Waals surface area contributed by atoms with Crippen LogP contribution in [0.1, 0.15) is 12.0 Å². The van der Waals surface area contributed by atoms with Gasteiger partial charge < -0.3 is 0 Å². The van der Waals surface area contributed by atoms with Crippen LogP contribution < -0.4 is 0 Å². The van der Waals surface area contributed by atoms with Crippen molar-refractivity contribution in [1.82, 2.24) is 0 Å². The maximum absolute atomic E-state index is 11.2. The van der Waals surface area contributed by atoms with E-state index >= 15 is 0 Å². The Kier molecular flexibility index (Phi) is 4.25. The molecule has 1 aromatic carbocycles. The van der Waals surface area contributed by atoms with Crippen molar-refractivity contribution in [3.63, 3.8) is 0 Å². The van der Waals surface area contributed by atoms with Crippen molar-refractivity contribution < 1.29 is 8.42 Å².